The van der Waals surface area contributed by atoms with E-state index < -0.39 is 157 Å². The topological polar surface area (TPSA) is 548 Å². The fourth-order valence-corrected chi connectivity index (χ4v) is 15.8. The first-order chi connectivity index (χ1) is 49.6. The summed E-state index contributed by atoms with van der Waals surface area (Å²) in [6.07, 6.45) is 6.79. The minimum Gasteiger partial charge on any atom is -0.543 e. The number of thioether (sulfide) groups is 3. The fourth-order valence-electron chi connectivity index (χ4n) is 9.97. The van der Waals surface area contributed by atoms with E-state index in [4.69, 9.17) is 20.2 Å². The van der Waals surface area contributed by atoms with E-state index >= 15 is 0 Å². The zero-order chi connectivity index (χ0) is 76.1. The molecule has 5 aromatic heterocycles. The standard InChI is InChI=1S/C61H61N17O21S6/c1-59(2,53(91)92)97-72-33(29-23-103-56(62)64-29)41(79)67-36(45-70-32(50(85)86)27(21-100-45)18-75-13-9-7-10-14-75)44(82)71-58-66-31(25-105-58)35(74-99-61(5,6)55(95)96)43(81)68-37-46(83)77-39(51(87)88)26(20-101-48(37)77)17-63-57-65-30(24-104-57)34(73-98-60(3,4)54(93)94)42(80)69-38-47(84)78-40(52(89)90)28(22-102-49(38)78)19-76-15-11-8-12-16-76/h7-16,23-25,36-38,45,48-49,70H,17-22H2,1-6H3,(H11-2,62,63,64,65,66,67,68,69,71,79,80,81,82,85,86,87,88,89,90,91,92,93,94,95,96)/b72-33-,73-34-,74-35-/t36-,37-,38-,45-,48-,49-/m1/s1. The van der Waals surface area contributed by atoms with Crippen LogP contribution in [0.1, 0.15) is 58.6 Å². The maximum Gasteiger partial charge on any atom is 0.352 e. The second-order valence-electron chi connectivity index (χ2n) is 24.4. The third kappa shape index (κ3) is 17.1. The number of aromatic nitrogens is 5. The fraction of sp³-hybridized carbons (Fsp3) is 0.344. The number of carbonyl (C=O) groups excluding carboxylic acids is 8. The number of carboxylic acids is 6. The summed E-state index contributed by atoms with van der Waals surface area (Å²) < 4.78 is 3.40. The molecule has 5 aliphatic rings. The SMILES string of the molecule is CC(C)(O/N=C(\C(=O)N[C@H](C(=O)Nc1nc(/C(=N/OC(C)(C)C(=O)O)C(=O)N[C@@H]2C(=O)N3C(C(=O)O)=C(CNc4nc(/C(=N/OC(C)(C)C(=O)O)C(=O)N[C@@H]5C(=O)N6C(C(=O)[O-])=C(C[n+]7ccccc7)CS[C@H]56)cs4)CS[C@H]23)cs1)[C@@H]1NC(C(=O)[O-])=C(C[n+]2ccccc2)CS1)c1csc(N)n1)C(=O)O. The number of nitrogens with one attached hydrogen (secondary N) is 6. The van der Waals surface area contributed by atoms with Gasteiger partial charge < -0.3 is 92.4 Å². The van der Waals surface area contributed by atoms with Crippen LogP contribution >= 0.6 is 69.3 Å². The molecule has 0 aromatic carbocycles. The van der Waals surface area contributed by atoms with Gasteiger partial charge in [0.2, 0.25) is 16.8 Å². The second kappa shape index (κ2) is 31.5. The highest BCUT2D eigenvalue weighted by atomic mass is 32.2. The maximum atomic E-state index is 14.7. The van der Waals surface area contributed by atoms with Crippen molar-refractivity contribution in [1.82, 2.24) is 46.0 Å². The quantitative estimate of drug-likeness (QED) is 0.00939. The number of pyridine rings is 2. The summed E-state index contributed by atoms with van der Waals surface area (Å²) in [4.78, 5) is 191. The van der Waals surface area contributed by atoms with E-state index in [9.17, 15) is 88.2 Å². The van der Waals surface area contributed by atoms with Crippen LogP contribution in [0.5, 0.6) is 0 Å². The van der Waals surface area contributed by atoms with Gasteiger partial charge in [0.15, 0.2) is 70.4 Å². The number of nitrogens with zero attached hydrogens (tertiary/aromatic N) is 10. The number of thiazole rings is 3. The summed E-state index contributed by atoms with van der Waals surface area (Å²) in [5.74, 6) is -15.6. The minimum absolute atomic E-state index is 0.0338. The molecular weight excluding hydrogens is 1500 g/mol. The van der Waals surface area contributed by atoms with Crippen molar-refractivity contribution in [2.75, 3.05) is 40.2 Å². The third-order valence-electron chi connectivity index (χ3n) is 15.7. The van der Waals surface area contributed by atoms with E-state index in [1.165, 1.54) is 27.9 Å². The molecule has 5 aromatic rings. The number of oxime groups is 3. The first-order valence-corrected chi connectivity index (χ1v) is 36.5. The van der Waals surface area contributed by atoms with Gasteiger partial charge >= 0.3 is 23.9 Å². The van der Waals surface area contributed by atoms with Gasteiger partial charge in [-0.05, 0) is 47.1 Å². The number of β-lactam (4-membered cyclic amide) rings is 2. The summed E-state index contributed by atoms with van der Waals surface area (Å²) in [5.41, 5.74) is -3.56. The molecule has 2 saturated heterocycles. The number of hydrogen-bond donors (Lipinski definition) is 11. The van der Waals surface area contributed by atoms with Gasteiger partial charge in [-0.1, -0.05) is 27.6 Å². The van der Waals surface area contributed by atoms with E-state index in [2.05, 4.69) is 62.3 Å². The zero-order valence-electron chi connectivity index (χ0n) is 55.4. The van der Waals surface area contributed by atoms with Crippen molar-refractivity contribution in [2.45, 2.75) is 106 Å². The largest absolute Gasteiger partial charge is 0.543 e. The lowest BCUT2D eigenvalue weighted by Gasteiger charge is -2.50. The predicted molar refractivity (Wildman–Crippen MR) is 369 cm³/mol. The van der Waals surface area contributed by atoms with Crippen molar-refractivity contribution in [3.63, 3.8) is 0 Å². The van der Waals surface area contributed by atoms with Gasteiger partial charge in [0.05, 0.1) is 23.3 Å². The summed E-state index contributed by atoms with van der Waals surface area (Å²) in [6.45, 7) is 6.63. The van der Waals surface area contributed by atoms with Crippen molar-refractivity contribution in [3.8, 4) is 0 Å². The summed E-state index contributed by atoms with van der Waals surface area (Å²) in [5, 5.41) is 92.6. The molecular formula is C61H61N17O21S6. The Bertz CT molecular complexity index is 4590. The van der Waals surface area contributed by atoms with E-state index in [1.807, 2.05) is 0 Å². The van der Waals surface area contributed by atoms with Crippen molar-refractivity contribution < 1.29 is 112 Å². The Balaban J connectivity index is 0.851. The highest BCUT2D eigenvalue weighted by Gasteiger charge is 2.56. The molecule has 0 saturated carbocycles. The number of anilines is 3. The van der Waals surface area contributed by atoms with Crippen molar-refractivity contribution in [2.24, 2.45) is 15.5 Å². The van der Waals surface area contributed by atoms with E-state index in [1.54, 1.807) is 70.3 Å². The molecule has 12 N–H and O–H groups in total. The second-order valence-corrected chi connectivity index (χ2v) is 30.4. The highest BCUT2D eigenvalue weighted by molar-refractivity contribution is 8.00. The molecule has 105 heavy (non-hydrogen) atoms. The summed E-state index contributed by atoms with van der Waals surface area (Å²) >= 11 is 5.59. The molecule has 552 valence electrons. The number of rotatable bonds is 31. The molecule has 0 aliphatic carbocycles. The van der Waals surface area contributed by atoms with Crippen LogP contribution in [0.3, 0.4) is 0 Å². The number of hydrogen-bond acceptors (Lipinski definition) is 32. The monoisotopic (exact) mass is 1560 g/mol. The van der Waals surface area contributed by atoms with Crippen LogP contribution in [-0.4, -0.2) is 208 Å². The van der Waals surface area contributed by atoms with Gasteiger partial charge in [0.1, 0.15) is 57.0 Å². The number of nitrogen functional groups attached to an aromatic ring is 1. The van der Waals surface area contributed by atoms with Crippen molar-refractivity contribution in [3.05, 3.63) is 128 Å². The summed E-state index contributed by atoms with van der Waals surface area (Å²) in [7, 11) is 0. The maximum absolute atomic E-state index is 14.7. The Hall–Kier alpha value is -11.1. The molecule has 44 heteroatoms. The molecule has 0 unspecified atom stereocenters. The Labute approximate surface area is 616 Å². The molecule has 6 atom stereocenters. The van der Waals surface area contributed by atoms with Crippen molar-refractivity contribution in [1.29, 1.82) is 0 Å². The summed E-state index contributed by atoms with van der Waals surface area (Å²) in [6, 6.07) is 5.84. The number of carbonyl (C=O) groups is 12. The Morgan fingerprint density at radius 3 is 1.50 bits per heavy atom. The van der Waals surface area contributed by atoms with Crippen LogP contribution in [-0.2, 0) is 85.1 Å². The molecule has 38 nitrogen and oxygen atoms in total. The van der Waals surface area contributed by atoms with Crippen LogP contribution in [0.25, 0.3) is 0 Å². The molecule has 5 aliphatic heterocycles. The number of aliphatic carboxylic acids is 6. The predicted octanol–water partition coefficient (Wildman–Crippen LogP) is -2.59. The average molecular weight is 1560 g/mol. The molecule has 0 radical (unpaired) electrons. The van der Waals surface area contributed by atoms with E-state index in [0.717, 1.165) is 97.5 Å². The average Bonchev–Trinajstić information content (AvgIpc) is 1.53. The Morgan fingerprint density at radius 2 is 1.04 bits per heavy atom. The number of nitrogens with two attached hydrogens (primary N) is 1. The van der Waals surface area contributed by atoms with E-state index in [0.29, 0.717) is 22.5 Å². The van der Waals surface area contributed by atoms with Gasteiger partial charge in [-0.15, -0.1) is 69.3 Å². The van der Waals surface area contributed by atoms with Gasteiger partial charge in [-0.2, -0.15) is 0 Å². The normalized spacial score (nSPS) is 19.5. The van der Waals surface area contributed by atoms with Crippen molar-refractivity contribution >= 4 is 173 Å². The smallest absolute Gasteiger partial charge is 0.352 e. The molecule has 10 rings (SSSR count). The van der Waals surface area contributed by atoms with Crippen LogP contribution in [0.4, 0.5) is 15.4 Å². The minimum atomic E-state index is -2.12. The van der Waals surface area contributed by atoms with Crippen LogP contribution in [0.2, 0.25) is 0 Å². The zero-order valence-corrected chi connectivity index (χ0v) is 60.3. The molecule has 0 spiro atoms. The lowest BCUT2D eigenvalue weighted by molar-refractivity contribution is -0.689. The molecule has 2 fully saturated rings. The van der Waals surface area contributed by atoms with Gasteiger partial charge in [0, 0.05) is 75.4 Å². The van der Waals surface area contributed by atoms with Crippen LogP contribution in [0.15, 0.2) is 127 Å². The number of carboxylic acid groups (broad SMARTS) is 6. The molecule has 6 amide bonds. The van der Waals surface area contributed by atoms with Crippen LogP contribution in [0, 0.1) is 0 Å². The van der Waals surface area contributed by atoms with Gasteiger partial charge in [-0.25, -0.2) is 43.3 Å². The highest BCUT2D eigenvalue weighted by Crippen LogP contribution is 2.42. The molecule has 10 heterocycles. The first kappa shape index (κ1) is 76.5. The van der Waals surface area contributed by atoms with Crippen LogP contribution < -0.4 is 57.0 Å². The Morgan fingerprint density at radius 1 is 0.600 bits per heavy atom. The van der Waals surface area contributed by atoms with Gasteiger partial charge in [0.25, 0.3) is 35.4 Å². The lowest BCUT2D eigenvalue weighted by Crippen LogP contribution is -2.71. The lowest BCUT2D eigenvalue weighted by atomic mass is 10.0. The third-order valence-corrected chi connectivity index (χ3v) is 21.9. The Kier molecular flexibility index (Phi) is 22.9. The number of amides is 6. The molecule has 0 bridgehead atoms. The van der Waals surface area contributed by atoms with Gasteiger partial charge in [-0.3, -0.25) is 38.6 Å². The van der Waals surface area contributed by atoms with E-state index in [-0.39, 0.29) is 74.9 Å². The number of fused-ring (bicyclic) bond motifs is 2. The first-order valence-electron chi connectivity index (χ1n) is 30.7.